The summed E-state index contributed by atoms with van der Waals surface area (Å²) in [7, 11) is 1.70. The summed E-state index contributed by atoms with van der Waals surface area (Å²) in [6.07, 6.45) is -0.547. The molecule has 0 radical (unpaired) electrons. The molecule has 1 atom stereocenters. The number of benzene rings is 2. The van der Waals surface area contributed by atoms with Gasteiger partial charge in [0.05, 0.1) is 5.69 Å². The Balaban J connectivity index is 1.82. The molecule has 2 aromatic rings. The molecule has 1 aliphatic heterocycles. The van der Waals surface area contributed by atoms with Crippen molar-refractivity contribution in [2.75, 3.05) is 17.3 Å². The van der Waals surface area contributed by atoms with Crippen LogP contribution in [0.5, 0.6) is 5.75 Å². The molecule has 118 valence electrons. The minimum absolute atomic E-state index is 0.101. The molecule has 2 aromatic carbocycles. The van der Waals surface area contributed by atoms with E-state index in [0.29, 0.717) is 27.7 Å². The van der Waals surface area contributed by atoms with E-state index in [9.17, 15) is 9.59 Å². The van der Waals surface area contributed by atoms with Gasteiger partial charge in [-0.25, -0.2) is 0 Å². The maximum atomic E-state index is 12.2. The summed E-state index contributed by atoms with van der Waals surface area (Å²) < 4.78 is 5.60. The van der Waals surface area contributed by atoms with Gasteiger partial charge >= 0.3 is 0 Å². The van der Waals surface area contributed by atoms with Crippen LogP contribution in [0.15, 0.2) is 42.5 Å². The minimum Gasteiger partial charge on any atom is -0.479 e. The lowest BCUT2D eigenvalue weighted by molar-refractivity contribution is -0.125. The van der Waals surface area contributed by atoms with E-state index in [4.69, 9.17) is 16.3 Å². The third-order valence-electron chi connectivity index (χ3n) is 3.67. The Hall–Kier alpha value is -2.53. The maximum absolute atomic E-state index is 12.2. The van der Waals surface area contributed by atoms with Gasteiger partial charge < -0.3 is 15.0 Å². The molecule has 1 N–H and O–H groups in total. The zero-order valence-corrected chi connectivity index (χ0v) is 13.4. The zero-order valence-electron chi connectivity index (χ0n) is 12.7. The number of nitrogens with one attached hydrogen (secondary N) is 1. The second kappa shape index (κ2) is 5.93. The van der Waals surface area contributed by atoms with Crippen molar-refractivity contribution in [1.82, 2.24) is 0 Å². The lowest BCUT2D eigenvalue weighted by atomic mass is 10.1. The molecule has 2 amide bonds. The summed E-state index contributed by atoms with van der Waals surface area (Å²) in [6.45, 7) is 1.70. The van der Waals surface area contributed by atoms with E-state index in [-0.39, 0.29) is 11.8 Å². The van der Waals surface area contributed by atoms with Crippen molar-refractivity contribution in [2.45, 2.75) is 13.0 Å². The first-order valence-electron chi connectivity index (χ1n) is 7.11. The maximum Gasteiger partial charge on any atom is 0.267 e. The standard InChI is InChI=1S/C17H15ClN2O3/c1-10-17(22)20(2)14-8-7-13(9-15(14)23-10)19-16(21)11-3-5-12(18)6-4-11/h3-10H,1-2H3,(H,19,21). The Morgan fingerprint density at radius 3 is 2.61 bits per heavy atom. The number of likely N-dealkylation sites (N-methyl/N-ethyl adjacent to an activating group) is 1. The van der Waals surface area contributed by atoms with Crippen molar-refractivity contribution in [3.8, 4) is 5.75 Å². The van der Waals surface area contributed by atoms with Gasteiger partial charge in [0.15, 0.2) is 6.10 Å². The van der Waals surface area contributed by atoms with Gasteiger partial charge in [-0.05, 0) is 43.3 Å². The number of anilines is 2. The Labute approximate surface area is 138 Å². The van der Waals surface area contributed by atoms with Crippen molar-refractivity contribution >= 4 is 34.8 Å². The molecule has 0 spiro atoms. The second-order valence-electron chi connectivity index (χ2n) is 5.30. The number of rotatable bonds is 2. The Kier molecular flexibility index (Phi) is 3.96. The molecule has 0 saturated carbocycles. The van der Waals surface area contributed by atoms with Gasteiger partial charge in [-0.15, -0.1) is 0 Å². The van der Waals surface area contributed by atoms with Crippen molar-refractivity contribution in [2.24, 2.45) is 0 Å². The van der Waals surface area contributed by atoms with Crippen LogP contribution in [0.1, 0.15) is 17.3 Å². The summed E-state index contributed by atoms with van der Waals surface area (Å²) >= 11 is 5.81. The van der Waals surface area contributed by atoms with Gasteiger partial charge in [0.2, 0.25) is 0 Å². The Morgan fingerprint density at radius 1 is 1.22 bits per heavy atom. The predicted octanol–water partition coefficient (Wildman–Crippen LogP) is 3.34. The van der Waals surface area contributed by atoms with Crippen molar-refractivity contribution in [1.29, 1.82) is 0 Å². The lowest BCUT2D eigenvalue weighted by Gasteiger charge is -2.30. The SMILES string of the molecule is CC1Oc2cc(NC(=O)c3ccc(Cl)cc3)ccc2N(C)C1=O. The van der Waals surface area contributed by atoms with Crippen LogP contribution < -0.4 is 15.0 Å². The van der Waals surface area contributed by atoms with Crippen LogP contribution in [0.25, 0.3) is 0 Å². The number of amides is 2. The summed E-state index contributed by atoms with van der Waals surface area (Å²) in [4.78, 5) is 25.6. The average molecular weight is 331 g/mol. The molecule has 23 heavy (non-hydrogen) atoms. The van der Waals surface area contributed by atoms with E-state index in [1.165, 1.54) is 0 Å². The molecule has 0 fully saturated rings. The molecule has 0 bridgehead atoms. The highest BCUT2D eigenvalue weighted by Gasteiger charge is 2.28. The van der Waals surface area contributed by atoms with Crippen molar-refractivity contribution in [3.05, 3.63) is 53.1 Å². The first-order valence-corrected chi connectivity index (χ1v) is 7.48. The average Bonchev–Trinajstić information content (AvgIpc) is 2.53. The van der Waals surface area contributed by atoms with Gasteiger partial charge in [-0.3, -0.25) is 9.59 Å². The fraction of sp³-hybridized carbons (Fsp3) is 0.176. The molecule has 1 aliphatic rings. The van der Waals surface area contributed by atoms with Gasteiger partial charge in [-0.1, -0.05) is 11.6 Å². The minimum atomic E-state index is -0.547. The number of ether oxygens (including phenoxy) is 1. The fourth-order valence-electron chi connectivity index (χ4n) is 2.40. The Morgan fingerprint density at radius 2 is 1.91 bits per heavy atom. The highest BCUT2D eigenvalue weighted by molar-refractivity contribution is 6.30. The highest BCUT2D eigenvalue weighted by Crippen LogP contribution is 2.35. The monoisotopic (exact) mass is 330 g/mol. The normalized spacial score (nSPS) is 16.6. The molecule has 0 aliphatic carbocycles. The molecule has 0 saturated heterocycles. The first-order chi connectivity index (χ1) is 11.0. The van der Waals surface area contributed by atoms with Crippen molar-refractivity contribution < 1.29 is 14.3 Å². The van der Waals surface area contributed by atoms with Crippen molar-refractivity contribution in [3.63, 3.8) is 0 Å². The molecule has 1 heterocycles. The van der Waals surface area contributed by atoms with Crippen LogP contribution in [-0.2, 0) is 4.79 Å². The number of hydrogen-bond acceptors (Lipinski definition) is 3. The molecule has 6 heteroatoms. The van der Waals surface area contributed by atoms with Gasteiger partial charge in [0.25, 0.3) is 11.8 Å². The lowest BCUT2D eigenvalue weighted by Crippen LogP contribution is -2.41. The zero-order chi connectivity index (χ0) is 16.6. The van der Waals surface area contributed by atoms with E-state index in [1.807, 2.05) is 0 Å². The number of carbonyl (C=O) groups is 2. The van der Waals surface area contributed by atoms with Crippen LogP contribution in [0.2, 0.25) is 5.02 Å². The van der Waals surface area contributed by atoms with Crippen LogP contribution in [0, 0.1) is 0 Å². The molecule has 0 aromatic heterocycles. The molecule has 3 rings (SSSR count). The summed E-state index contributed by atoms with van der Waals surface area (Å²) in [5, 5.41) is 3.38. The van der Waals surface area contributed by atoms with Crippen LogP contribution in [0.3, 0.4) is 0 Å². The third-order valence-corrected chi connectivity index (χ3v) is 3.92. The van der Waals surface area contributed by atoms with E-state index in [1.54, 1.807) is 61.3 Å². The number of nitrogens with zero attached hydrogens (tertiary/aromatic N) is 1. The van der Waals surface area contributed by atoms with E-state index >= 15 is 0 Å². The highest BCUT2D eigenvalue weighted by atomic mass is 35.5. The predicted molar refractivity (Wildman–Crippen MR) is 89.3 cm³/mol. The topological polar surface area (TPSA) is 58.6 Å². The summed E-state index contributed by atoms with van der Waals surface area (Å²) in [6, 6.07) is 11.8. The number of hydrogen-bond donors (Lipinski definition) is 1. The Bertz CT molecular complexity index is 774. The van der Waals surface area contributed by atoms with E-state index in [0.717, 1.165) is 0 Å². The molecular formula is C17H15ClN2O3. The first kappa shape index (κ1) is 15.4. The van der Waals surface area contributed by atoms with Gasteiger partial charge in [0, 0.05) is 29.4 Å². The quantitative estimate of drug-likeness (QED) is 0.918. The van der Waals surface area contributed by atoms with Gasteiger partial charge in [-0.2, -0.15) is 0 Å². The molecular weight excluding hydrogens is 316 g/mol. The number of fused-ring (bicyclic) bond motifs is 1. The van der Waals surface area contributed by atoms with E-state index < -0.39 is 6.10 Å². The summed E-state index contributed by atoms with van der Waals surface area (Å²) in [5.74, 6) is 0.221. The molecule has 1 unspecified atom stereocenters. The summed E-state index contributed by atoms with van der Waals surface area (Å²) in [5.41, 5.74) is 1.78. The number of halogens is 1. The van der Waals surface area contributed by atoms with Crippen LogP contribution in [0.4, 0.5) is 11.4 Å². The smallest absolute Gasteiger partial charge is 0.267 e. The fourth-order valence-corrected chi connectivity index (χ4v) is 2.53. The van der Waals surface area contributed by atoms with E-state index in [2.05, 4.69) is 5.32 Å². The third kappa shape index (κ3) is 3.00. The largest absolute Gasteiger partial charge is 0.479 e. The van der Waals surface area contributed by atoms with Crippen LogP contribution in [-0.4, -0.2) is 25.0 Å². The number of carbonyl (C=O) groups excluding carboxylic acids is 2. The molecule has 5 nitrogen and oxygen atoms in total. The van der Waals surface area contributed by atoms with Crippen LogP contribution >= 0.6 is 11.6 Å². The van der Waals surface area contributed by atoms with Gasteiger partial charge in [0.1, 0.15) is 5.75 Å². The second-order valence-corrected chi connectivity index (χ2v) is 5.74.